The van der Waals surface area contributed by atoms with Gasteiger partial charge in [-0.05, 0) is 43.9 Å². The van der Waals surface area contributed by atoms with Gasteiger partial charge in [0.25, 0.3) is 0 Å². The van der Waals surface area contributed by atoms with Crippen LogP contribution in [-0.2, 0) is 16.2 Å². The zero-order chi connectivity index (χ0) is 25.3. The maximum Gasteiger partial charge on any atom is 0.417 e. The van der Waals surface area contributed by atoms with Crippen LogP contribution in [0.2, 0.25) is 0 Å². The molecule has 0 saturated carbocycles. The fourth-order valence-corrected chi connectivity index (χ4v) is 6.65. The molecular weight excluding hydrogens is 493 g/mol. The number of fused-ring (bicyclic) bond motifs is 1. The lowest BCUT2D eigenvalue weighted by Gasteiger charge is -2.41. The highest BCUT2D eigenvalue weighted by Crippen LogP contribution is 2.31. The zero-order valence-electron chi connectivity index (χ0n) is 19.6. The molecule has 0 bridgehead atoms. The minimum Gasteiger partial charge on any atom is -0.474 e. The molecular formula is C25H27F3N4O3S. The third-order valence-electron chi connectivity index (χ3n) is 6.98. The topological polar surface area (TPSA) is 75.6 Å². The number of alkyl halides is 3. The summed E-state index contributed by atoms with van der Waals surface area (Å²) in [6.45, 7) is 2.47. The number of ether oxygens (including phenoxy) is 1. The van der Waals surface area contributed by atoms with Gasteiger partial charge in [-0.3, -0.25) is 4.98 Å². The van der Waals surface area contributed by atoms with Crippen LogP contribution < -0.4 is 4.74 Å². The number of sulfonamides is 1. The van der Waals surface area contributed by atoms with Gasteiger partial charge in [0.15, 0.2) is 0 Å². The summed E-state index contributed by atoms with van der Waals surface area (Å²) >= 11 is 0. The number of halogens is 3. The van der Waals surface area contributed by atoms with Gasteiger partial charge < -0.3 is 9.64 Å². The highest BCUT2D eigenvalue weighted by atomic mass is 32.2. The number of pyridine rings is 2. The minimum absolute atomic E-state index is 0.107. The third-order valence-corrected chi connectivity index (χ3v) is 8.91. The molecule has 4 heterocycles. The van der Waals surface area contributed by atoms with Gasteiger partial charge in [-0.25, -0.2) is 13.4 Å². The predicted molar refractivity (Wildman–Crippen MR) is 128 cm³/mol. The first-order valence-corrected chi connectivity index (χ1v) is 13.4. The van der Waals surface area contributed by atoms with E-state index in [4.69, 9.17) is 4.74 Å². The van der Waals surface area contributed by atoms with Gasteiger partial charge in [0.2, 0.25) is 15.9 Å². The Kier molecular flexibility index (Phi) is 6.88. The first-order chi connectivity index (χ1) is 17.2. The maximum atomic E-state index is 13.4. The van der Waals surface area contributed by atoms with Gasteiger partial charge >= 0.3 is 6.18 Å². The van der Waals surface area contributed by atoms with Crippen LogP contribution in [0.3, 0.4) is 0 Å². The van der Waals surface area contributed by atoms with Gasteiger partial charge in [-0.1, -0.05) is 18.2 Å². The van der Waals surface area contributed by atoms with E-state index < -0.39 is 21.8 Å². The average Bonchev–Trinajstić information content (AvgIpc) is 2.89. The molecule has 2 aromatic heterocycles. The monoisotopic (exact) mass is 520 g/mol. The minimum atomic E-state index is -4.42. The van der Waals surface area contributed by atoms with E-state index in [1.54, 1.807) is 28.7 Å². The smallest absolute Gasteiger partial charge is 0.417 e. The quantitative estimate of drug-likeness (QED) is 0.498. The van der Waals surface area contributed by atoms with E-state index in [0.717, 1.165) is 56.4 Å². The van der Waals surface area contributed by atoms with Gasteiger partial charge in [0.05, 0.1) is 11.1 Å². The van der Waals surface area contributed by atoms with Crippen molar-refractivity contribution in [3.05, 3.63) is 60.4 Å². The summed E-state index contributed by atoms with van der Waals surface area (Å²) in [5, 5.41) is 0.796. The van der Waals surface area contributed by atoms with Crippen molar-refractivity contribution in [1.82, 2.24) is 19.2 Å². The standard InChI is InChI=1S/C25H27F3N4O3S/c26-25(27,28)19-6-7-23(30-17-19)35-21-10-13-31(14-11-21)20-8-15-32(16-9-20)36(33,34)22-5-1-3-18-4-2-12-29-24(18)22/h1-7,12,17,20-21H,8-11,13-16H2. The van der Waals surface area contributed by atoms with E-state index in [9.17, 15) is 21.6 Å². The highest BCUT2D eigenvalue weighted by Gasteiger charge is 2.35. The maximum absolute atomic E-state index is 13.4. The Balaban J connectivity index is 1.14. The molecule has 0 atom stereocenters. The molecule has 0 radical (unpaired) electrons. The number of aromatic nitrogens is 2. The van der Waals surface area contributed by atoms with Crippen molar-refractivity contribution in [3.63, 3.8) is 0 Å². The fourth-order valence-electron chi connectivity index (χ4n) is 5.02. The average molecular weight is 521 g/mol. The molecule has 2 aliphatic rings. The molecule has 36 heavy (non-hydrogen) atoms. The van der Waals surface area contributed by atoms with Crippen molar-refractivity contribution in [2.45, 2.75) is 48.9 Å². The Labute approximate surface area is 208 Å². The Morgan fingerprint density at radius 2 is 1.61 bits per heavy atom. The summed E-state index contributed by atoms with van der Waals surface area (Å²) in [6, 6.07) is 11.4. The van der Waals surface area contributed by atoms with E-state index in [1.807, 2.05) is 12.1 Å². The van der Waals surface area contributed by atoms with Gasteiger partial charge in [0.1, 0.15) is 11.0 Å². The van der Waals surface area contributed by atoms with Gasteiger partial charge in [-0.15, -0.1) is 0 Å². The molecule has 0 unspecified atom stereocenters. The second kappa shape index (κ2) is 9.95. The first kappa shape index (κ1) is 24.9. The fraction of sp³-hybridized carbons (Fsp3) is 0.440. The summed E-state index contributed by atoms with van der Waals surface area (Å²) in [6.07, 6.45) is 0.829. The van der Waals surface area contributed by atoms with Crippen molar-refractivity contribution in [2.24, 2.45) is 0 Å². The normalized spacial score (nSPS) is 19.5. The van der Waals surface area contributed by atoms with E-state index in [1.165, 1.54) is 6.07 Å². The van der Waals surface area contributed by atoms with Crippen LogP contribution in [0.4, 0.5) is 13.2 Å². The lowest BCUT2D eigenvalue weighted by Crippen LogP contribution is -2.50. The van der Waals surface area contributed by atoms with Crippen molar-refractivity contribution >= 4 is 20.9 Å². The van der Waals surface area contributed by atoms with Crippen LogP contribution in [0.1, 0.15) is 31.2 Å². The Morgan fingerprint density at radius 3 is 2.28 bits per heavy atom. The molecule has 2 fully saturated rings. The molecule has 0 N–H and O–H groups in total. The molecule has 11 heteroatoms. The van der Waals surface area contributed by atoms with Crippen molar-refractivity contribution in [2.75, 3.05) is 26.2 Å². The van der Waals surface area contributed by atoms with Crippen molar-refractivity contribution < 1.29 is 26.3 Å². The summed E-state index contributed by atoms with van der Waals surface area (Å²) < 4.78 is 72.2. The first-order valence-electron chi connectivity index (χ1n) is 12.0. The molecule has 5 rings (SSSR count). The summed E-state index contributed by atoms with van der Waals surface area (Å²) in [7, 11) is -3.64. The van der Waals surface area contributed by atoms with E-state index in [2.05, 4.69) is 14.9 Å². The van der Waals surface area contributed by atoms with Crippen LogP contribution >= 0.6 is 0 Å². The molecule has 3 aromatic rings. The predicted octanol–water partition coefficient (Wildman–Crippen LogP) is 4.35. The van der Waals surface area contributed by atoms with Crippen molar-refractivity contribution in [1.29, 1.82) is 0 Å². The van der Waals surface area contributed by atoms with Gasteiger partial charge in [-0.2, -0.15) is 17.5 Å². The lowest BCUT2D eigenvalue weighted by molar-refractivity contribution is -0.137. The van der Waals surface area contributed by atoms with Gasteiger partial charge in [0, 0.05) is 56.1 Å². The molecule has 7 nitrogen and oxygen atoms in total. The molecule has 2 saturated heterocycles. The van der Waals surface area contributed by atoms with Crippen LogP contribution in [0.15, 0.2) is 59.8 Å². The molecule has 0 amide bonds. The summed E-state index contributed by atoms with van der Waals surface area (Å²) in [5.41, 5.74) is -0.304. The molecule has 0 aliphatic carbocycles. The largest absolute Gasteiger partial charge is 0.474 e. The lowest BCUT2D eigenvalue weighted by atomic mass is 10.00. The molecule has 1 aromatic carbocycles. The van der Waals surface area contributed by atoms with Crippen molar-refractivity contribution in [3.8, 4) is 5.88 Å². The number of likely N-dealkylation sites (tertiary alicyclic amines) is 1. The molecule has 0 spiro atoms. The van der Waals surface area contributed by atoms with E-state index in [0.29, 0.717) is 18.6 Å². The summed E-state index contributed by atoms with van der Waals surface area (Å²) in [5.74, 6) is 0.197. The Morgan fingerprint density at radius 1 is 0.889 bits per heavy atom. The third kappa shape index (κ3) is 5.18. The summed E-state index contributed by atoms with van der Waals surface area (Å²) in [4.78, 5) is 10.7. The van der Waals surface area contributed by atoms with Crippen LogP contribution in [0, 0.1) is 0 Å². The number of hydrogen-bond donors (Lipinski definition) is 0. The Bertz CT molecular complexity index is 1300. The van der Waals surface area contributed by atoms with Crippen LogP contribution in [0.5, 0.6) is 5.88 Å². The second-order valence-electron chi connectivity index (χ2n) is 9.20. The number of benzene rings is 1. The van der Waals surface area contributed by atoms with E-state index in [-0.39, 0.29) is 22.9 Å². The number of hydrogen-bond acceptors (Lipinski definition) is 6. The number of piperidine rings is 2. The molecule has 2 aliphatic heterocycles. The van der Waals surface area contributed by atoms with Crippen LogP contribution in [-0.4, -0.2) is 65.9 Å². The van der Waals surface area contributed by atoms with Crippen LogP contribution in [0.25, 0.3) is 10.9 Å². The Hall–Kier alpha value is -2.76. The van der Waals surface area contributed by atoms with E-state index >= 15 is 0 Å². The highest BCUT2D eigenvalue weighted by molar-refractivity contribution is 7.89. The SMILES string of the molecule is O=S(=O)(c1cccc2cccnc12)N1CCC(N2CCC(Oc3ccc(C(F)(F)F)cn3)CC2)CC1. The molecule has 192 valence electrons. The number of nitrogens with zero attached hydrogens (tertiary/aromatic N) is 4. The second-order valence-corrected chi connectivity index (χ2v) is 11.1. The zero-order valence-corrected chi connectivity index (χ0v) is 20.4. The number of para-hydroxylation sites is 1. The number of rotatable bonds is 5.